The van der Waals surface area contributed by atoms with Gasteiger partial charge < -0.3 is 5.73 Å². The van der Waals surface area contributed by atoms with Crippen molar-refractivity contribution in [2.24, 2.45) is 12.8 Å². The van der Waals surface area contributed by atoms with Gasteiger partial charge in [-0.05, 0) is 19.4 Å². The van der Waals surface area contributed by atoms with Crippen molar-refractivity contribution in [1.82, 2.24) is 19.9 Å². The Kier molecular flexibility index (Phi) is 2.79. The van der Waals surface area contributed by atoms with E-state index in [9.17, 15) is 0 Å². The van der Waals surface area contributed by atoms with Gasteiger partial charge in [0.2, 0.25) is 0 Å². The predicted octanol–water partition coefficient (Wildman–Crippen LogP) is -0.262. The van der Waals surface area contributed by atoms with Crippen molar-refractivity contribution < 1.29 is 0 Å². The highest BCUT2D eigenvalue weighted by atomic mass is 15.4. The van der Waals surface area contributed by atoms with Crippen LogP contribution in [0.2, 0.25) is 0 Å². The number of aryl methyl sites for hydroxylation is 1. The van der Waals surface area contributed by atoms with Crippen molar-refractivity contribution in [3.63, 3.8) is 0 Å². The molecule has 1 atom stereocenters. The van der Waals surface area contributed by atoms with Gasteiger partial charge in [-0.1, -0.05) is 5.21 Å². The Morgan fingerprint density at radius 2 is 2.50 bits per heavy atom. The summed E-state index contributed by atoms with van der Waals surface area (Å²) >= 11 is 0. The molecule has 1 aliphatic rings. The third kappa shape index (κ3) is 1.93. The van der Waals surface area contributed by atoms with Gasteiger partial charge in [0.25, 0.3) is 0 Å². The summed E-state index contributed by atoms with van der Waals surface area (Å²) in [6.45, 7) is 2.77. The van der Waals surface area contributed by atoms with Crippen LogP contribution >= 0.6 is 0 Å². The molecule has 1 saturated heterocycles. The molecule has 0 aliphatic carbocycles. The quantitative estimate of drug-likeness (QED) is 0.722. The Hall–Kier alpha value is -0.940. The van der Waals surface area contributed by atoms with Gasteiger partial charge >= 0.3 is 0 Å². The molecule has 0 bridgehead atoms. The van der Waals surface area contributed by atoms with Crippen LogP contribution in [0, 0.1) is 0 Å². The minimum absolute atomic E-state index is 0.539. The standard InChI is InChI=1S/C9H17N5/c1-13-6-8(11-12-13)7-14-4-2-3-9(14)5-10/h6,9H,2-5,7,10H2,1H3. The molecule has 0 radical (unpaired) electrons. The molecule has 2 N–H and O–H groups in total. The Morgan fingerprint density at radius 3 is 3.14 bits per heavy atom. The number of likely N-dealkylation sites (tertiary alicyclic amines) is 1. The Morgan fingerprint density at radius 1 is 1.64 bits per heavy atom. The topological polar surface area (TPSA) is 60.0 Å². The SMILES string of the molecule is Cn1cc(CN2CCCC2CN)nn1. The first-order valence-corrected chi connectivity index (χ1v) is 5.09. The van der Waals surface area contributed by atoms with Crippen LogP contribution in [0.5, 0.6) is 0 Å². The van der Waals surface area contributed by atoms with E-state index in [1.807, 2.05) is 13.2 Å². The summed E-state index contributed by atoms with van der Waals surface area (Å²) < 4.78 is 1.74. The van der Waals surface area contributed by atoms with Gasteiger partial charge in [0.1, 0.15) is 0 Å². The number of aromatic nitrogens is 3. The number of nitrogens with zero attached hydrogens (tertiary/aromatic N) is 4. The third-order valence-electron chi connectivity index (χ3n) is 2.79. The molecule has 1 aromatic heterocycles. The smallest absolute Gasteiger partial charge is 0.0967 e. The molecule has 14 heavy (non-hydrogen) atoms. The maximum Gasteiger partial charge on any atom is 0.0967 e. The number of nitrogens with two attached hydrogens (primary N) is 1. The van der Waals surface area contributed by atoms with Gasteiger partial charge in [-0.2, -0.15) is 0 Å². The summed E-state index contributed by atoms with van der Waals surface area (Å²) in [7, 11) is 1.89. The van der Waals surface area contributed by atoms with Gasteiger partial charge in [-0.3, -0.25) is 9.58 Å². The van der Waals surface area contributed by atoms with Gasteiger partial charge in [0.05, 0.1) is 5.69 Å². The summed E-state index contributed by atoms with van der Waals surface area (Å²) in [6.07, 6.45) is 4.44. The molecular weight excluding hydrogens is 178 g/mol. The first kappa shape index (κ1) is 9.61. The highest BCUT2D eigenvalue weighted by Crippen LogP contribution is 2.17. The van der Waals surface area contributed by atoms with Gasteiger partial charge in [0.15, 0.2) is 0 Å². The molecule has 1 aliphatic heterocycles. The van der Waals surface area contributed by atoms with Gasteiger partial charge in [0, 0.05) is 32.4 Å². The van der Waals surface area contributed by atoms with Crippen molar-refractivity contribution in [1.29, 1.82) is 0 Å². The summed E-state index contributed by atoms with van der Waals surface area (Å²) in [4.78, 5) is 2.39. The maximum atomic E-state index is 5.70. The predicted molar refractivity (Wildman–Crippen MR) is 53.5 cm³/mol. The summed E-state index contributed by atoms with van der Waals surface area (Å²) in [6, 6.07) is 0.539. The second kappa shape index (κ2) is 4.06. The van der Waals surface area contributed by atoms with Crippen LogP contribution < -0.4 is 5.73 Å². The van der Waals surface area contributed by atoms with Crippen LogP contribution in [0.25, 0.3) is 0 Å². The lowest BCUT2D eigenvalue weighted by Crippen LogP contribution is -2.34. The lowest BCUT2D eigenvalue weighted by molar-refractivity contribution is 0.247. The van der Waals surface area contributed by atoms with Crippen LogP contribution in [0.4, 0.5) is 0 Å². The zero-order valence-corrected chi connectivity index (χ0v) is 8.56. The van der Waals surface area contributed by atoms with Gasteiger partial charge in [-0.25, -0.2) is 0 Å². The summed E-state index contributed by atoms with van der Waals surface area (Å²) in [5.41, 5.74) is 6.74. The lowest BCUT2D eigenvalue weighted by Gasteiger charge is -2.21. The molecule has 2 rings (SSSR count). The van der Waals surface area contributed by atoms with Gasteiger partial charge in [-0.15, -0.1) is 5.10 Å². The number of rotatable bonds is 3. The molecule has 1 fully saturated rings. The second-order valence-corrected chi connectivity index (χ2v) is 3.89. The van der Waals surface area contributed by atoms with Crippen LogP contribution in [0.3, 0.4) is 0 Å². The zero-order valence-electron chi connectivity index (χ0n) is 8.56. The highest BCUT2D eigenvalue weighted by molar-refractivity contribution is 4.94. The van der Waals surface area contributed by atoms with Crippen molar-refractivity contribution in [3.8, 4) is 0 Å². The molecule has 1 unspecified atom stereocenters. The summed E-state index contributed by atoms with van der Waals surface area (Å²) in [5, 5.41) is 8.00. The Balaban J connectivity index is 1.96. The molecule has 5 nitrogen and oxygen atoms in total. The van der Waals surface area contributed by atoms with Crippen LogP contribution in [0.1, 0.15) is 18.5 Å². The molecule has 0 aromatic carbocycles. The average Bonchev–Trinajstić information content (AvgIpc) is 2.76. The molecule has 78 valence electrons. The average molecular weight is 195 g/mol. The second-order valence-electron chi connectivity index (χ2n) is 3.89. The number of hydrogen-bond donors (Lipinski definition) is 1. The molecule has 5 heteroatoms. The molecule has 0 spiro atoms. The summed E-state index contributed by atoms with van der Waals surface area (Å²) in [5.74, 6) is 0. The fourth-order valence-corrected chi connectivity index (χ4v) is 2.05. The van der Waals surface area contributed by atoms with Crippen LogP contribution in [-0.4, -0.2) is 39.0 Å². The van der Waals surface area contributed by atoms with Crippen LogP contribution in [-0.2, 0) is 13.6 Å². The normalized spacial score (nSPS) is 23.1. The van der Waals surface area contributed by atoms with E-state index < -0.39 is 0 Å². The fraction of sp³-hybridized carbons (Fsp3) is 0.778. The minimum Gasteiger partial charge on any atom is -0.329 e. The zero-order chi connectivity index (χ0) is 9.97. The van der Waals surface area contributed by atoms with E-state index in [1.165, 1.54) is 12.8 Å². The van der Waals surface area contributed by atoms with Crippen molar-refractivity contribution >= 4 is 0 Å². The molecule has 0 amide bonds. The van der Waals surface area contributed by atoms with Crippen molar-refractivity contribution in [3.05, 3.63) is 11.9 Å². The molecule has 0 saturated carbocycles. The van der Waals surface area contributed by atoms with Crippen molar-refractivity contribution in [2.75, 3.05) is 13.1 Å². The maximum absolute atomic E-state index is 5.70. The monoisotopic (exact) mass is 195 g/mol. The molecule has 1 aromatic rings. The van der Waals surface area contributed by atoms with E-state index >= 15 is 0 Å². The largest absolute Gasteiger partial charge is 0.329 e. The van der Waals surface area contributed by atoms with Crippen LogP contribution in [0.15, 0.2) is 6.20 Å². The first-order valence-electron chi connectivity index (χ1n) is 5.09. The van der Waals surface area contributed by atoms with E-state index in [4.69, 9.17) is 5.73 Å². The van der Waals surface area contributed by atoms with E-state index in [0.29, 0.717) is 6.04 Å². The first-order chi connectivity index (χ1) is 6.79. The Labute approximate surface area is 83.9 Å². The molecular formula is C9H17N5. The fourth-order valence-electron chi connectivity index (χ4n) is 2.05. The third-order valence-corrected chi connectivity index (χ3v) is 2.79. The number of hydrogen-bond acceptors (Lipinski definition) is 4. The molecule has 2 heterocycles. The van der Waals surface area contributed by atoms with Crippen molar-refractivity contribution in [2.45, 2.75) is 25.4 Å². The Bertz CT molecular complexity index is 295. The van der Waals surface area contributed by atoms with E-state index in [1.54, 1.807) is 4.68 Å². The van der Waals surface area contributed by atoms with E-state index in [-0.39, 0.29) is 0 Å². The highest BCUT2D eigenvalue weighted by Gasteiger charge is 2.23. The minimum atomic E-state index is 0.539. The van der Waals surface area contributed by atoms with E-state index in [2.05, 4.69) is 15.2 Å². The van der Waals surface area contributed by atoms with E-state index in [0.717, 1.165) is 25.3 Å². The lowest BCUT2D eigenvalue weighted by atomic mass is 10.2.